The van der Waals surface area contributed by atoms with Crippen LogP contribution in [0.4, 0.5) is 0 Å². The van der Waals surface area contributed by atoms with Gasteiger partial charge < -0.3 is 21.1 Å². The summed E-state index contributed by atoms with van der Waals surface area (Å²) in [5.74, 6) is 1.54. The van der Waals surface area contributed by atoms with Crippen LogP contribution in [0.3, 0.4) is 0 Å². The fourth-order valence-electron chi connectivity index (χ4n) is 1.70. The summed E-state index contributed by atoms with van der Waals surface area (Å²) in [6.45, 7) is 5.53. The molecule has 1 amide bonds. The molecular weight excluding hydrogens is 280 g/mol. The summed E-state index contributed by atoms with van der Waals surface area (Å²) in [6, 6.07) is 7.53. The highest BCUT2D eigenvalue weighted by Crippen LogP contribution is 2.10. The molecule has 0 fully saturated rings. The van der Waals surface area contributed by atoms with E-state index in [1.807, 2.05) is 24.3 Å². The lowest BCUT2D eigenvalue weighted by molar-refractivity contribution is -0.119. The zero-order chi connectivity index (χ0) is 16.4. The maximum atomic E-state index is 11.7. The third-order valence-electron chi connectivity index (χ3n) is 3.07. The summed E-state index contributed by atoms with van der Waals surface area (Å²) in [5, 5.41) is 5.79. The van der Waals surface area contributed by atoms with Crippen LogP contribution in [-0.2, 0) is 11.3 Å². The number of rotatable bonds is 8. The summed E-state index contributed by atoms with van der Waals surface area (Å²) in [7, 11) is 1.62. The molecule has 0 spiro atoms. The number of benzene rings is 1. The lowest BCUT2D eigenvalue weighted by Gasteiger charge is -2.08. The minimum atomic E-state index is -0.163. The number of hydrogen-bond acceptors (Lipinski definition) is 3. The molecule has 0 aliphatic rings. The Morgan fingerprint density at radius 3 is 2.55 bits per heavy atom. The average molecular weight is 306 g/mol. The molecule has 0 saturated carbocycles. The van der Waals surface area contributed by atoms with Crippen molar-refractivity contribution in [3.8, 4) is 5.75 Å². The first-order valence-electron chi connectivity index (χ1n) is 7.44. The lowest BCUT2D eigenvalue weighted by atomic mass is 10.1. The van der Waals surface area contributed by atoms with Crippen LogP contribution in [0, 0.1) is 5.92 Å². The highest BCUT2D eigenvalue weighted by atomic mass is 16.5. The summed E-state index contributed by atoms with van der Waals surface area (Å²) >= 11 is 0. The molecule has 0 heterocycles. The van der Waals surface area contributed by atoms with E-state index in [9.17, 15) is 4.79 Å². The van der Waals surface area contributed by atoms with E-state index in [-0.39, 0.29) is 12.5 Å². The Labute approximate surface area is 132 Å². The van der Waals surface area contributed by atoms with Gasteiger partial charge in [0.1, 0.15) is 12.3 Å². The van der Waals surface area contributed by atoms with Gasteiger partial charge in [0.05, 0.1) is 7.11 Å². The van der Waals surface area contributed by atoms with Crippen molar-refractivity contribution in [3.63, 3.8) is 0 Å². The number of guanidine groups is 1. The molecule has 0 unspecified atom stereocenters. The van der Waals surface area contributed by atoms with E-state index in [1.54, 1.807) is 7.11 Å². The molecule has 1 rings (SSSR count). The monoisotopic (exact) mass is 306 g/mol. The van der Waals surface area contributed by atoms with Gasteiger partial charge >= 0.3 is 0 Å². The molecule has 4 N–H and O–H groups in total. The Hall–Kier alpha value is -2.24. The average Bonchev–Trinajstić information content (AvgIpc) is 2.51. The first-order chi connectivity index (χ1) is 10.5. The number of nitrogens with zero attached hydrogens (tertiary/aromatic N) is 1. The van der Waals surface area contributed by atoms with Gasteiger partial charge in [-0.15, -0.1) is 0 Å². The third kappa shape index (κ3) is 7.52. The molecule has 0 aliphatic carbocycles. The molecule has 122 valence electrons. The van der Waals surface area contributed by atoms with E-state index < -0.39 is 0 Å². The van der Waals surface area contributed by atoms with E-state index in [2.05, 4.69) is 29.5 Å². The molecule has 0 aromatic heterocycles. The molecule has 1 aromatic rings. The van der Waals surface area contributed by atoms with Crippen LogP contribution < -0.4 is 21.1 Å². The van der Waals surface area contributed by atoms with Gasteiger partial charge in [-0.3, -0.25) is 4.79 Å². The van der Waals surface area contributed by atoms with Crippen LogP contribution in [0.15, 0.2) is 29.3 Å². The van der Waals surface area contributed by atoms with Crippen molar-refractivity contribution in [2.24, 2.45) is 16.6 Å². The normalized spacial score (nSPS) is 11.4. The van der Waals surface area contributed by atoms with Crippen molar-refractivity contribution in [2.75, 3.05) is 20.2 Å². The van der Waals surface area contributed by atoms with E-state index in [0.29, 0.717) is 18.4 Å². The Bertz CT molecular complexity index is 483. The Morgan fingerprint density at radius 1 is 1.27 bits per heavy atom. The van der Waals surface area contributed by atoms with E-state index >= 15 is 0 Å². The number of aliphatic imine (C=N–C) groups is 1. The van der Waals surface area contributed by atoms with Crippen LogP contribution in [0.5, 0.6) is 5.75 Å². The zero-order valence-electron chi connectivity index (χ0n) is 13.6. The molecule has 0 radical (unpaired) electrons. The third-order valence-corrected chi connectivity index (χ3v) is 3.07. The first-order valence-corrected chi connectivity index (χ1v) is 7.44. The zero-order valence-corrected chi connectivity index (χ0v) is 13.6. The van der Waals surface area contributed by atoms with Gasteiger partial charge in [-0.2, -0.15) is 0 Å². The molecular formula is C16H26N4O2. The number of carbonyl (C=O) groups is 1. The highest BCUT2D eigenvalue weighted by Gasteiger charge is 2.01. The van der Waals surface area contributed by atoms with Crippen molar-refractivity contribution in [3.05, 3.63) is 29.8 Å². The molecule has 0 atom stereocenters. The lowest BCUT2D eigenvalue weighted by Crippen LogP contribution is -2.34. The van der Waals surface area contributed by atoms with Crippen molar-refractivity contribution in [1.29, 1.82) is 0 Å². The molecule has 0 saturated heterocycles. The number of methoxy groups -OCH3 is 1. The van der Waals surface area contributed by atoms with Gasteiger partial charge in [0.2, 0.25) is 5.91 Å². The van der Waals surface area contributed by atoms with Crippen molar-refractivity contribution in [2.45, 2.75) is 26.8 Å². The van der Waals surface area contributed by atoms with Crippen molar-refractivity contribution >= 4 is 11.9 Å². The second kappa shape index (κ2) is 9.65. The highest BCUT2D eigenvalue weighted by molar-refractivity contribution is 5.83. The minimum Gasteiger partial charge on any atom is -0.497 e. The quantitative estimate of drug-likeness (QED) is 0.498. The molecule has 1 aromatic carbocycles. The maximum absolute atomic E-state index is 11.7. The van der Waals surface area contributed by atoms with Gasteiger partial charge in [-0.1, -0.05) is 26.0 Å². The Balaban J connectivity index is 2.27. The fraction of sp³-hybridized carbons (Fsp3) is 0.500. The molecule has 6 nitrogen and oxygen atoms in total. The number of ether oxygens (including phenoxy) is 1. The standard InChI is InChI=1S/C16H26N4O2/c1-12(2)8-9-18-16(17)20-11-15(21)19-10-13-4-6-14(22-3)7-5-13/h4-7,12H,8-11H2,1-3H3,(H,19,21)(H3,17,18,20). The van der Waals surface area contributed by atoms with Gasteiger partial charge in [0.15, 0.2) is 5.96 Å². The van der Waals surface area contributed by atoms with Gasteiger partial charge in [0, 0.05) is 13.1 Å². The molecule has 0 bridgehead atoms. The Morgan fingerprint density at radius 2 is 1.95 bits per heavy atom. The van der Waals surface area contributed by atoms with Crippen LogP contribution in [0.2, 0.25) is 0 Å². The number of nitrogens with two attached hydrogens (primary N) is 1. The van der Waals surface area contributed by atoms with E-state index in [4.69, 9.17) is 10.5 Å². The van der Waals surface area contributed by atoms with Gasteiger partial charge in [-0.05, 0) is 30.0 Å². The molecule has 6 heteroatoms. The fourth-order valence-corrected chi connectivity index (χ4v) is 1.70. The number of carbonyl (C=O) groups excluding carboxylic acids is 1. The minimum absolute atomic E-state index is 0.0245. The number of nitrogens with one attached hydrogen (secondary N) is 2. The van der Waals surface area contributed by atoms with Crippen LogP contribution in [0.1, 0.15) is 25.8 Å². The second-order valence-electron chi connectivity index (χ2n) is 5.44. The second-order valence-corrected chi connectivity index (χ2v) is 5.44. The predicted octanol–water partition coefficient (Wildman–Crippen LogP) is 1.26. The summed E-state index contributed by atoms with van der Waals surface area (Å²) in [4.78, 5) is 15.7. The SMILES string of the molecule is COc1ccc(CNC(=O)CN=C(N)NCCC(C)C)cc1. The first kappa shape index (κ1) is 17.8. The van der Waals surface area contributed by atoms with Gasteiger partial charge in [-0.25, -0.2) is 4.99 Å². The molecule has 0 aliphatic heterocycles. The van der Waals surface area contributed by atoms with E-state index in [0.717, 1.165) is 24.3 Å². The van der Waals surface area contributed by atoms with Crippen molar-refractivity contribution < 1.29 is 9.53 Å². The summed E-state index contributed by atoms with van der Waals surface area (Å²) in [5.41, 5.74) is 6.69. The van der Waals surface area contributed by atoms with Crippen LogP contribution in [0.25, 0.3) is 0 Å². The van der Waals surface area contributed by atoms with Crippen LogP contribution in [-0.4, -0.2) is 32.1 Å². The number of amides is 1. The number of hydrogen-bond donors (Lipinski definition) is 3. The summed E-state index contributed by atoms with van der Waals surface area (Å²) in [6.07, 6.45) is 1.01. The smallest absolute Gasteiger partial charge is 0.242 e. The topological polar surface area (TPSA) is 88.7 Å². The molecule has 22 heavy (non-hydrogen) atoms. The van der Waals surface area contributed by atoms with Crippen LogP contribution >= 0.6 is 0 Å². The summed E-state index contributed by atoms with van der Waals surface area (Å²) < 4.78 is 5.08. The maximum Gasteiger partial charge on any atom is 0.242 e. The van der Waals surface area contributed by atoms with E-state index in [1.165, 1.54) is 0 Å². The predicted molar refractivity (Wildman–Crippen MR) is 88.8 cm³/mol. The Kier molecular flexibility index (Phi) is 7.81. The largest absolute Gasteiger partial charge is 0.497 e. The van der Waals surface area contributed by atoms with Gasteiger partial charge in [0.25, 0.3) is 0 Å². The van der Waals surface area contributed by atoms with Crippen molar-refractivity contribution in [1.82, 2.24) is 10.6 Å².